The molecule has 0 saturated carbocycles. The molecule has 2 N–H and O–H groups in total. The third-order valence-corrected chi connectivity index (χ3v) is 5.52. The molecule has 1 atom stereocenters. The Hall–Kier alpha value is -3.12. The number of nitrogens with zero attached hydrogens (tertiary/aromatic N) is 5. The maximum absolute atomic E-state index is 13.0. The van der Waals surface area contributed by atoms with Gasteiger partial charge in [-0.2, -0.15) is 13.2 Å². The topological polar surface area (TPSA) is 112 Å². The van der Waals surface area contributed by atoms with E-state index in [0.29, 0.717) is 39.0 Å². The molecule has 1 unspecified atom stereocenters. The van der Waals surface area contributed by atoms with Gasteiger partial charge < -0.3 is 25.3 Å². The van der Waals surface area contributed by atoms with Gasteiger partial charge in [-0.15, -0.1) is 0 Å². The van der Waals surface area contributed by atoms with Gasteiger partial charge in [-0.25, -0.2) is 14.8 Å². The fourth-order valence-electron chi connectivity index (χ4n) is 3.96. The average molecular weight is 441 g/mol. The van der Waals surface area contributed by atoms with Crippen molar-refractivity contribution in [2.75, 3.05) is 44.2 Å². The first-order valence-electron chi connectivity index (χ1n) is 9.96. The highest BCUT2D eigenvalue weighted by Crippen LogP contribution is 2.36. The van der Waals surface area contributed by atoms with Crippen molar-refractivity contribution in [3.05, 3.63) is 18.1 Å². The number of carbonyl (C=O) groups excluding carboxylic acids is 2. The molecule has 31 heavy (non-hydrogen) atoms. The van der Waals surface area contributed by atoms with Crippen molar-refractivity contribution < 1.29 is 27.6 Å². The molecule has 10 nitrogen and oxygen atoms in total. The number of oxime groups is 1. The number of amides is 3. The van der Waals surface area contributed by atoms with Crippen molar-refractivity contribution >= 4 is 23.5 Å². The number of halogens is 3. The van der Waals surface area contributed by atoms with E-state index >= 15 is 0 Å². The van der Waals surface area contributed by atoms with Crippen molar-refractivity contribution in [2.45, 2.75) is 31.0 Å². The number of hydrogen-bond donors (Lipinski definition) is 2. The van der Waals surface area contributed by atoms with Crippen LogP contribution in [0.25, 0.3) is 0 Å². The van der Waals surface area contributed by atoms with E-state index in [2.05, 4.69) is 25.8 Å². The molecule has 0 radical (unpaired) electrons. The van der Waals surface area contributed by atoms with Crippen LogP contribution in [0.3, 0.4) is 0 Å². The summed E-state index contributed by atoms with van der Waals surface area (Å²) in [5.41, 5.74) is -1.57. The molecule has 1 spiro atoms. The van der Waals surface area contributed by atoms with Crippen molar-refractivity contribution in [2.24, 2.45) is 5.16 Å². The van der Waals surface area contributed by atoms with Gasteiger partial charge in [-0.1, -0.05) is 5.16 Å². The lowest BCUT2D eigenvalue weighted by molar-refractivity contribution is -0.141. The van der Waals surface area contributed by atoms with E-state index in [4.69, 9.17) is 4.84 Å². The van der Waals surface area contributed by atoms with Gasteiger partial charge in [0.25, 0.3) is 5.91 Å². The summed E-state index contributed by atoms with van der Waals surface area (Å²) < 4.78 is 38.9. The molecule has 2 fully saturated rings. The Morgan fingerprint density at radius 1 is 1.32 bits per heavy atom. The van der Waals surface area contributed by atoms with E-state index in [1.807, 2.05) is 0 Å². The number of urea groups is 1. The second-order valence-electron chi connectivity index (χ2n) is 7.75. The number of aromatic nitrogens is 2. The minimum absolute atomic E-state index is 0.157. The maximum Gasteiger partial charge on any atom is 0.433 e. The minimum Gasteiger partial charge on any atom is -0.386 e. The van der Waals surface area contributed by atoms with Crippen LogP contribution < -0.4 is 15.5 Å². The van der Waals surface area contributed by atoms with E-state index < -0.39 is 17.5 Å². The summed E-state index contributed by atoms with van der Waals surface area (Å²) in [7, 11) is 0. The van der Waals surface area contributed by atoms with E-state index in [-0.39, 0.29) is 43.0 Å². The predicted octanol–water partition coefficient (Wildman–Crippen LogP) is 0.752. The van der Waals surface area contributed by atoms with E-state index in [1.54, 1.807) is 9.80 Å². The van der Waals surface area contributed by atoms with Crippen molar-refractivity contribution in [3.8, 4) is 0 Å². The first-order valence-corrected chi connectivity index (χ1v) is 9.96. The molecule has 4 rings (SSSR count). The third-order valence-electron chi connectivity index (χ3n) is 5.52. The van der Waals surface area contributed by atoms with E-state index in [0.717, 1.165) is 12.4 Å². The third kappa shape index (κ3) is 4.64. The number of rotatable bonds is 5. The number of carbonyl (C=O) groups is 2. The van der Waals surface area contributed by atoms with Gasteiger partial charge in [0.1, 0.15) is 23.6 Å². The van der Waals surface area contributed by atoms with Crippen LogP contribution in [0.15, 0.2) is 17.5 Å². The Morgan fingerprint density at radius 3 is 2.90 bits per heavy atom. The second-order valence-corrected chi connectivity index (χ2v) is 7.75. The molecule has 4 heterocycles. The lowest BCUT2D eigenvalue weighted by Gasteiger charge is -2.38. The molecule has 2 saturated heterocycles. The Kier molecular flexibility index (Phi) is 5.58. The molecule has 168 valence electrons. The van der Waals surface area contributed by atoms with Crippen LogP contribution in [-0.2, 0) is 15.8 Å². The molecule has 3 amide bonds. The molecule has 0 bridgehead atoms. The summed E-state index contributed by atoms with van der Waals surface area (Å²) in [5, 5.41) is 9.35. The molecular formula is C18H22F3N7O3. The molecule has 3 aliphatic heterocycles. The predicted molar refractivity (Wildman–Crippen MR) is 102 cm³/mol. The summed E-state index contributed by atoms with van der Waals surface area (Å²) in [6, 6.07) is 0.757. The fraction of sp³-hybridized carbons (Fsp3) is 0.611. The molecule has 3 aliphatic rings. The number of nitrogens with one attached hydrogen (secondary N) is 2. The highest BCUT2D eigenvalue weighted by atomic mass is 19.4. The number of hydrogen-bond acceptors (Lipinski definition) is 7. The summed E-state index contributed by atoms with van der Waals surface area (Å²) in [6.07, 6.45) is -2.14. The zero-order valence-corrected chi connectivity index (χ0v) is 16.6. The Morgan fingerprint density at radius 2 is 2.16 bits per heavy atom. The van der Waals surface area contributed by atoms with Gasteiger partial charge in [-0.05, 0) is 12.8 Å². The van der Waals surface area contributed by atoms with E-state index in [1.165, 1.54) is 0 Å². The smallest absolute Gasteiger partial charge is 0.386 e. The highest BCUT2D eigenvalue weighted by molar-refractivity contribution is 6.39. The van der Waals surface area contributed by atoms with Gasteiger partial charge in [0.15, 0.2) is 5.60 Å². The summed E-state index contributed by atoms with van der Waals surface area (Å²) >= 11 is 0. The number of anilines is 1. The summed E-state index contributed by atoms with van der Waals surface area (Å²) in [4.78, 5) is 40.1. The standard InChI is InChI=1S/C18H22F3N7O3/c19-18(20,21)13-8-14(25-11-24-13)28-5-1-2-17(10-28)9-12(26-31-17)15(29)22-3-6-27-7-4-23-16(27)30/h8,11H,1-7,9-10H2,(H,22,29)(H,23,30). The highest BCUT2D eigenvalue weighted by Gasteiger charge is 2.45. The Balaban J connectivity index is 1.33. The van der Waals surface area contributed by atoms with Gasteiger partial charge in [0.05, 0.1) is 6.54 Å². The monoisotopic (exact) mass is 441 g/mol. The van der Waals surface area contributed by atoms with Crippen LogP contribution in [0, 0.1) is 0 Å². The van der Waals surface area contributed by atoms with Crippen molar-refractivity contribution in [3.63, 3.8) is 0 Å². The maximum atomic E-state index is 13.0. The quantitative estimate of drug-likeness (QED) is 0.698. The van der Waals surface area contributed by atoms with Crippen LogP contribution in [0.4, 0.5) is 23.8 Å². The fourth-order valence-corrected chi connectivity index (χ4v) is 3.96. The summed E-state index contributed by atoms with van der Waals surface area (Å²) in [5.74, 6) is -0.221. The molecule has 0 aromatic carbocycles. The molecule has 1 aromatic heterocycles. The van der Waals surface area contributed by atoms with Crippen LogP contribution in [0.5, 0.6) is 0 Å². The van der Waals surface area contributed by atoms with Crippen molar-refractivity contribution in [1.82, 2.24) is 25.5 Å². The van der Waals surface area contributed by atoms with Crippen molar-refractivity contribution in [1.29, 1.82) is 0 Å². The first kappa shape index (κ1) is 21.1. The summed E-state index contributed by atoms with van der Waals surface area (Å²) in [6.45, 7) is 2.62. The van der Waals surface area contributed by atoms with Gasteiger partial charge in [0.2, 0.25) is 0 Å². The number of alkyl halides is 3. The normalized spacial score (nSPS) is 23.6. The van der Waals surface area contributed by atoms with Gasteiger partial charge in [-0.3, -0.25) is 4.79 Å². The molecular weight excluding hydrogens is 419 g/mol. The molecule has 1 aromatic rings. The molecule has 13 heteroatoms. The Labute approximate surface area is 175 Å². The molecule has 0 aliphatic carbocycles. The first-order chi connectivity index (χ1) is 14.8. The lowest BCUT2D eigenvalue weighted by Crippen LogP contribution is -2.49. The second kappa shape index (κ2) is 8.19. The zero-order chi connectivity index (χ0) is 22.1. The lowest BCUT2D eigenvalue weighted by atomic mass is 9.88. The minimum atomic E-state index is -4.56. The Bertz CT molecular complexity index is 894. The van der Waals surface area contributed by atoms with Crippen LogP contribution in [-0.4, -0.2) is 77.4 Å². The van der Waals surface area contributed by atoms with Gasteiger partial charge >= 0.3 is 12.2 Å². The van der Waals surface area contributed by atoms with Crippen LogP contribution in [0.1, 0.15) is 25.0 Å². The zero-order valence-electron chi connectivity index (χ0n) is 16.6. The largest absolute Gasteiger partial charge is 0.433 e. The number of piperidine rings is 1. The average Bonchev–Trinajstić information content (AvgIpc) is 3.34. The van der Waals surface area contributed by atoms with Crippen LogP contribution >= 0.6 is 0 Å². The van der Waals surface area contributed by atoms with Gasteiger partial charge in [0, 0.05) is 45.2 Å². The van der Waals surface area contributed by atoms with E-state index in [9.17, 15) is 22.8 Å². The SMILES string of the molecule is O=C(NCCN1CCNC1=O)C1=NOC2(CCCN(c3cc(C(F)(F)F)ncn3)C2)C1. The van der Waals surface area contributed by atoms with Crippen LogP contribution in [0.2, 0.25) is 0 Å².